The van der Waals surface area contributed by atoms with Gasteiger partial charge in [0.15, 0.2) is 11.5 Å². The fourth-order valence-electron chi connectivity index (χ4n) is 3.92. The van der Waals surface area contributed by atoms with E-state index in [4.69, 9.17) is 5.73 Å². The molecule has 1 amide bonds. The molecular formula is C17H26N4O2. The molecule has 1 aliphatic heterocycles. The highest BCUT2D eigenvalue weighted by Crippen LogP contribution is 2.38. The Morgan fingerprint density at radius 1 is 1.35 bits per heavy atom. The number of nitrogens with one attached hydrogen (secondary N) is 1. The maximum atomic E-state index is 13.0. The lowest BCUT2D eigenvalue weighted by molar-refractivity contribution is -0.133. The number of nitrogen functional groups attached to an aromatic ring is 1. The van der Waals surface area contributed by atoms with Crippen molar-refractivity contribution in [3.63, 3.8) is 0 Å². The summed E-state index contributed by atoms with van der Waals surface area (Å²) in [4.78, 5) is 25.1. The first-order valence-corrected chi connectivity index (χ1v) is 8.44. The summed E-state index contributed by atoms with van der Waals surface area (Å²) in [5.74, 6) is -0.566. The normalized spacial score (nSPS) is 26.0. The minimum absolute atomic E-state index is 0.0495. The van der Waals surface area contributed by atoms with E-state index in [1.807, 2.05) is 18.5 Å². The van der Waals surface area contributed by atoms with E-state index in [1.54, 1.807) is 6.20 Å². The Morgan fingerprint density at radius 3 is 2.65 bits per heavy atom. The number of nitrogens with zero attached hydrogens (tertiary/aromatic N) is 2. The largest absolute Gasteiger partial charge is 0.396 e. The van der Waals surface area contributed by atoms with Gasteiger partial charge in [0, 0.05) is 18.7 Å². The Kier molecular flexibility index (Phi) is 3.73. The second kappa shape index (κ2) is 5.35. The van der Waals surface area contributed by atoms with E-state index in [1.165, 1.54) is 12.8 Å². The van der Waals surface area contributed by atoms with Crippen LogP contribution in [-0.4, -0.2) is 28.0 Å². The molecule has 126 valence electrons. The molecule has 23 heavy (non-hydrogen) atoms. The van der Waals surface area contributed by atoms with Crippen LogP contribution >= 0.6 is 0 Å². The monoisotopic (exact) mass is 318 g/mol. The van der Waals surface area contributed by atoms with Gasteiger partial charge >= 0.3 is 0 Å². The van der Waals surface area contributed by atoms with Gasteiger partial charge in [0.2, 0.25) is 5.91 Å². The lowest BCUT2D eigenvalue weighted by Crippen LogP contribution is -2.50. The van der Waals surface area contributed by atoms with E-state index in [-0.39, 0.29) is 23.1 Å². The summed E-state index contributed by atoms with van der Waals surface area (Å²) >= 11 is 0. The van der Waals surface area contributed by atoms with Crippen molar-refractivity contribution in [2.24, 2.45) is 11.3 Å². The Labute approximate surface area is 136 Å². The summed E-state index contributed by atoms with van der Waals surface area (Å²) in [6.45, 7) is 6.32. The van der Waals surface area contributed by atoms with Crippen molar-refractivity contribution >= 4 is 17.4 Å². The van der Waals surface area contributed by atoms with E-state index in [9.17, 15) is 9.59 Å². The second-order valence-corrected chi connectivity index (χ2v) is 7.76. The number of anilines is 1. The lowest BCUT2D eigenvalue weighted by Gasteiger charge is -2.36. The molecule has 1 saturated carbocycles. The first kappa shape index (κ1) is 16.0. The summed E-state index contributed by atoms with van der Waals surface area (Å²) < 4.78 is 1.87. The molecule has 1 aliphatic carbocycles. The van der Waals surface area contributed by atoms with Gasteiger partial charge in [-0.1, -0.05) is 26.7 Å². The van der Waals surface area contributed by atoms with Crippen LogP contribution in [-0.2, 0) is 10.3 Å². The zero-order valence-corrected chi connectivity index (χ0v) is 14.2. The van der Waals surface area contributed by atoms with Gasteiger partial charge in [-0.25, -0.2) is 0 Å². The maximum absolute atomic E-state index is 13.0. The van der Waals surface area contributed by atoms with Crippen LogP contribution in [0.25, 0.3) is 0 Å². The lowest BCUT2D eigenvalue weighted by atomic mass is 9.71. The number of Topliss-reactive ketones (excluding diaryl/α,β-unsaturated/α-hetero) is 1. The first-order chi connectivity index (χ1) is 10.8. The third kappa shape index (κ3) is 2.54. The van der Waals surface area contributed by atoms with Gasteiger partial charge in [-0.3, -0.25) is 14.3 Å². The van der Waals surface area contributed by atoms with Gasteiger partial charge in [0.1, 0.15) is 0 Å². The number of carbonyl (C=O) groups excluding carboxylic acids is 2. The minimum atomic E-state index is -0.733. The Bertz CT molecular complexity index is 641. The van der Waals surface area contributed by atoms with Crippen LogP contribution in [0.1, 0.15) is 63.4 Å². The Morgan fingerprint density at radius 2 is 2.00 bits per heavy atom. The molecule has 3 rings (SSSR count). The third-order valence-corrected chi connectivity index (χ3v) is 5.70. The molecule has 0 spiro atoms. The summed E-state index contributed by atoms with van der Waals surface area (Å²) in [7, 11) is 0. The smallest absolute Gasteiger partial charge is 0.226 e. The fraction of sp³-hybridized carbons (Fsp3) is 0.706. The van der Waals surface area contributed by atoms with Crippen LogP contribution in [0.15, 0.2) is 6.20 Å². The van der Waals surface area contributed by atoms with Gasteiger partial charge < -0.3 is 11.1 Å². The number of amides is 1. The molecule has 0 radical (unpaired) electrons. The van der Waals surface area contributed by atoms with Gasteiger partial charge in [-0.2, -0.15) is 5.10 Å². The second-order valence-electron chi connectivity index (χ2n) is 7.76. The maximum Gasteiger partial charge on any atom is 0.226 e. The van der Waals surface area contributed by atoms with E-state index in [2.05, 4.69) is 17.3 Å². The van der Waals surface area contributed by atoms with Gasteiger partial charge in [-0.05, 0) is 26.2 Å². The van der Waals surface area contributed by atoms with Crippen molar-refractivity contribution < 1.29 is 9.59 Å². The summed E-state index contributed by atoms with van der Waals surface area (Å²) in [6.07, 6.45) is 6.87. The molecule has 1 aromatic heterocycles. The van der Waals surface area contributed by atoms with Crippen LogP contribution in [0, 0.1) is 11.3 Å². The average molecular weight is 318 g/mol. The first-order valence-electron chi connectivity index (χ1n) is 8.44. The minimum Gasteiger partial charge on any atom is -0.396 e. The molecule has 0 aromatic carbocycles. The molecule has 2 fully saturated rings. The fourth-order valence-corrected chi connectivity index (χ4v) is 3.92. The van der Waals surface area contributed by atoms with Crippen LogP contribution in [0.3, 0.4) is 0 Å². The van der Waals surface area contributed by atoms with Crippen molar-refractivity contribution in [1.82, 2.24) is 15.1 Å². The van der Waals surface area contributed by atoms with Crippen LogP contribution in [0.2, 0.25) is 0 Å². The van der Waals surface area contributed by atoms with E-state index < -0.39 is 5.41 Å². The van der Waals surface area contributed by atoms with Crippen molar-refractivity contribution in [2.75, 3.05) is 12.3 Å². The number of rotatable bonds is 3. The van der Waals surface area contributed by atoms with Crippen LogP contribution < -0.4 is 11.1 Å². The number of nitrogens with two attached hydrogens (primary N) is 1. The predicted octanol–water partition coefficient (Wildman–Crippen LogP) is 2.10. The molecular weight excluding hydrogens is 292 g/mol. The topological polar surface area (TPSA) is 90.0 Å². The number of hydrogen-bond acceptors (Lipinski definition) is 4. The molecule has 1 unspecified atom stereocenters. The summed E-state index contributed by atoms with van der Waals surface area (Å²) in [6, 6.07) is 0. The zero-order valence-electron chi connectivity index (χ0n) is 14.2. The molecule has 6 heteroatoms. The van der Waals surface area contributed by atoms with Gasteiger partial charge in [-0.15, -0.1) is 0 Å². The number of hydrogen-bond donors (Lipinski definition) is 2. The Balaban J connectivity index is 1.91. The van der Waals surface area contributed by atoms with Gasteiger partial charge in [0.25, 0.3) is 0 Å². The molecule has 1 aromatic rings. The SMILES string of the molecule is CC1(C)C(=O)NCCC1C(=O)c1nn(C2(C)CCCC2)cc1N. The van der Waals surface area contributed by atoms with Crippen LogP contribution in [0.4, 0.5) is 5.69 Å². The Hall–Kier alpha value is -1.85. The number of piperidine rings is 1. The van der Waals surface area contributed by atoms with Gasteiger partial charge in [0.05, 0.1) is 16.6 Å². The highest BCUT2D eigenvalue weighted by molar-refractivity contribution is 6.03. The average Bonchev–Trinajstić information content (AvgIpc) is 3.08. The standard InChI is InChI=1S/C17H26N4O2/c1-16(2)11(6-9-19-15(16)23)14(22)13-12(18)10-21(20-13)17(3)7-4-5-8-17/h10-11H,4-9,18H2,1-3H3,(H,19,23). The molecule has 2 aliphatic rings. The van der Waals surface area contributed by atoms with E-state index in [0.29, 0.717) is 24.3 Å². The predicted molar refractivity (Wildman–Crippen MR) is 88.0 cm³/mol. The summed E-state index contributed by atoms with van der Waals surface area (Å²) in [5, 5.41) is 7.37. The highest BCUT2D eigenvalue weighted by Gasteiger charge is 2.45. The molecule has 2 heterocycles. The third-order valence-electron chi connectivity index (χ3n) is 5.70. The number of aromatic nitrogens is 2. The van der Waals surface area contributed by atoms with E-state index in [0.717, 1.165) is 12.8 Å². The van der Waals surface area contributed by atoms with Crippen LogP contribution in [0.5, 0.6) is 0 Å². The molecule has 1 atom stereocenters. The highest BCUT2D eigenvalue weighted by atomic mass is 16.2. The molecule has 0 bridgehead atoms. The van der Waals surface area contributed by atoms with Crippen molar-refractivity contribution in [2.45, 2.75) is 58.4 Å². The van der Waals surface area contributed by atoms with Crippen molar-refractivity contribution in [1.29, 1.82) is 0 Å². The molecule has 1 saturated heterocycles. The molecule has 3 N–H and O–H groups in total. The zero-order chi connectivity index (χ0) is 16.8. The van der Waals surface area contributed by atoms with Crippen molar-refractivity contribution in [3.05, 3.63) is 11.9 Å². The molecule has 6 nitrogen and oxygen atoms in total. The number of ketones is 1. The van der Waals surface area contributed by atoms with E-state index >= 15 is 0 Å². The summed E-state index contributed by atoms with van der Waals surface area (Å²) in [5.41, 5.74) is 6.06. The number of carbonyl (C=O) groups is 2. The quantitative estimate of drug-likeness (QED) is 0.835. The van der Waals surface area contributed by atoms with Crippen molar-refractivity contribution in [3.8, 4) is 0 Å².